The second kappa shape index (κ2) is 5.36. The number of carbonyl (C=O) groups is 2. The minimum atomic E-state index is -4.92. The van der Waals surface area contributed by atoms with Crippen molar-refractivity contribution in [1.29, 1.82) is 0 Å². The molecule has 1 aliphatic carbocycles. The van der Waals surface area contributed by atoms with Crippen molar-refractivity contribution in [3.63, 3.8) is 0 Å². The summed E-state index contributed by atoms with van der Waals surface area (Å²) in [6, 6.07) is 7.58. The van der Waals surface area contributed by atoms with Crippen LogP contribution in [0, 0.1) is 0 Å². The third kappa shape index (κ3) is 2.33. The number of methoxy groups -OCH3 is 1. The Hall–Kier alpha value is -2.83. The van der Waals surface area contributed by atoms with Crippen LogP contribution in [0.5, 0.6) is 0 Å². The molecule has 0 fully saturated rings. The van der Waals surface area contributed by atoms with Crippen molar-refractivity contribution in [2.45, 2.75) is 11.8 Å². The molecule has 0 aromatic heterocycles. The van der Waals surface area contributed by atoms with Gasteiger partial charge in [0.2, 0.25) is 5.60 Å². The molecule has 0 saturated heterocycles. The summed E-state index contributed by atoms with van der Waals surface area (Å²) in [6.45, 7) is 0. The Balaban J connectivity index is 2.34. The van der Waals surface area contributed by atoms with Gasteiger partial charge in [-0.15, -0.1) is 0 Å². The molecule has 0 N–H and O–H groups in total. The Bertz CT molecular complexity index is 803. The minimum absolute atomic E-state index is 0.151. The molecular weight excluding hydrogens is 325 g/mol. The Morgan fingerprint density at radius 3 is 2.38 bits per heavy atom. The fraction of sp³-hybridized carbons (Fsp3) is 0.176. The molecule has 2 aliphatic rings. The van der Waals surface area contributed by atoms with Gasteiger partial charge in [-0.25, -0.2) is 4.79 Å². The molecule has 124 valence electrons. The highest BCUT2D eigenvalue weighted by Gasteiger charge is 2.58. The van der Waals surface area contributed by atoms with Crippen LogP contribution in [0.4, 0.5) is 13.2 Å². The number of rotatable bonds is 2. The highest BCUT2D eigenvalue weighted by molar-refractivity contribution is 6.10. The predicted octanol–water partition coefficient (Wildman–Crippen LogP) is 2.97. The quantitative estimate of drug-likeness (QED) is 0.779. The molecular formula is C17H11F3O4. The highest BCUT2D eigenvalue weighted by atomic mass is 19.4. The van der Waals surface area contributed by atoms with E-state index in [4.69, 9.17) is 9.47 Å². The summed E-state index contributed by atoms with van der Waals surface area (Å²) in [5, 5.41) is 0. The van der Waals surface area contributed by atoms with Crippen molar-refractivity contribution < 1.29 is 32.2 Å². The van der Waals surface area contributed by atoms with Gasteiger partial charge in [0.15, 0.2) is 11.5 Å². The Morgan fingerprint density at radius 2 is 1.79 bits per heavy atom. The van der Waals surface area contributed by atoms with Crippen LogP contribution in [0.2, 0.25) is 0 Å². The summed E-state index contributed by atoms with van der Waals surface area (Å²) in [4.78, 5) is 23.6. The van der Waals surface area contributed by atoms with Gasteiger partial charge < -0.3 is 9.47 Å². The highest BCUT2D eigenvalue weighted by Crippen LogP contribution is 2.50. The topological polar surface area (TPSA) is 52.6 Å². The molecule has 1 aromatic rings. The molecule has 7 heteroatoms. The lowest BCUT2D eigenvalue weighted by Gasteiger charge is -2.31. The minimum Gasteiger partial charge on any atom is -0.496 e. The van der Waals surface area contributed by atoms with Gasteiger partial charge in [0, 0.05) is 11.6 Å². The van der Waals surface area contributed by atoms with Crippen molar-refractivity contribution >= 4 is 17.3 Å². The van der Waals surface area contributed by atoms with E-state index in [1.165, 1.54) is 19.2 Å². The lowest BCUT2D eigenvalue weighted by Crippen LogP contribution is -2.35. The average molecular weight is 336 g/mol. The Kier molecular flexibility index (Phi) is 3.59. The lowest BCUT2D eigenvalue weighted by molar-refractivity contribution is -0.152. The van der Waals surface area contributed by atoms with Crippen molar-refractivity contribution in [2.24, 2.45) is 0 Å². The van der Waals surface area contributed by atoms with Crippen molar-refractivity contribution in [2.75, 3.05) is 7.11 Å². The van der Waals surface area contributed by atoms with Crippen molar-refractivity contribution in [3.05, 3.63) is 65.5 Å². The third-order valence-electron chi connectivity index (χ3n) is 3.77. The van der Waals surface area contributed by atoms with Crippen LogP contribution >= 0.6 is 0 Å². The lowest BCUT2D eigenvalue weighted by atomic mass is 9.82. The van der Waals surface area contributed by atoms with E-state index in [-0.39, 0.29) is 11.3 Å². The first-order valence-corrected chi connectivity index (χ1v) is 6.89. The van der Waals surface area contributed by atoms with E-state index in [1.54, 1.807) is 18.2 Å². The third-order valence-corrected chi connectivity index (χ3v) is 3.77. The first-order valence-electron chi connectivity index (χ1n) is 6.89. The first-order chi connectivity index (χ1) is 11.3. The summed E-state index contributed by atoms with van der Waals surface area (Å²) >= 11 is 0. The maximum Gasteiger partial charge on any atom is 0.423 e. The summed E-state index contributed by atoms with van der Waals surface area (Å²) in [5.74, 6) is -2.16. The summed E-state index contributed by atoms with van der Waals surface area (Å²) in [7, 11) is 1.20. The molecule has 1 heterocycles. The van der Waals surface area contributed by atoms with E-state index in [2.05, 4.69) is 0 Å². The van der Waals surface area contributed by atoms with Crippen molar-refractivity contribution in [1.82, 2.24) is 0 Å². The van der Waals surface area contributed by atoms with Gasteiger partial charge >= 0.3 is 12.1 Å². The maximum atomic E-state index is 13.5. The number of allylic oxidation sites excluding steroid dienone is 2. The zero-order valence-corrected chi connectivity index (χ0v) is 12.4. The average Bonchev–Trinajstić information content (AvgIpc) is 2.84. The van der Waals surface area contributed by atoms with Crippen LogP contribution in [0.3, 0.4) is 0 Å². The zero-order valence-electron chi connectivity index (χ0n) is 12.4. The molecule has 0 radical (unpaired) electrons. The van der Waals surface area contributed by atoms with Crippen LogP contribution < -0.4 is 0 Å². The molecule has 24 heavy (non-hydrogen) atoms. The number of ether oxygens (including phenoxy) is 2. The first kappa shape index (κ1) is 16.0. The molecule has 3 rings (SSSR count). The normalized spacial score (nSPS) is 23.6. The Labute approximate surface area is 134 Å². The van der Waals surface area contributed by atoms with Gasteiger partial charge in [0.1, 0.15) is 5.57 Å². The number of benzene rings is 1. The van der Waals surface area contributed by atoms with E-state index < -0.39 is 34.7 Å². The van der Waals surface area contributed by atoms with Crippen LogP contribution in [-0.2, 0) is 19.1 Å². The van der Waals surface area contributed by atoms with Crippen LogP contribution in [0.1, 0.15) is 5.56 Å². The zero-order chi connectivity index (χ0) is 17.5. The largest absolute Gasteiger partial charge is 0.496 e. The molecule has 0 saturated carbocycles. The summed E-state index contributed by atoms with van der Waals surface area (Å²) in [6.07, 6.45) is -1.74. The maximum absolute atomic E-state index is 13.5. The molecule has 0 bridgehead atoms. The number of carbonyl (C=O) groups excluding carboxylic acids is 2. The molecule has 0 amide bonds. The Morgan fingerprint density at radius 1 is 1.12 bits per heavy atom. The predicted molar refractivity (Wildman–Crippen MR) is 77.5 cm³/mol. The SMILES string of the molecule is COC1=CC(=O)C=C[C@]12OC(=O)C(C(F)(F)F)=C2c1ccccc1. The second-order valence-electron chi connectivity index (χ2n) is 5.19. The van der Waals surface area contributed by atoms with Gasteiger partial charge in [0.25, 0.3) is 0 Å². The number of esters is 1. The fourth-order valence-electron chi connectivity index (χ4n) is 2.82. The summed E-state index contributed by atoms with van der Waals surface area (Å²) < 4.78 is 50.6. The van der Waals surface area contributed by atoms with E-state index in [0.717, 1.165) is 18.2 Å². The molecule has 1 aliphatic heterocycles. The van der Waals surface area contributed by atoms with Crippen molar-refractivity contribution in [3.8, 4) is 0 Å². The molecule has 1 aromatic carbocycles. The van der Waals surface area contributed by atoms with Gasteiger partial charge in [0.05, 0.1) is 7.11 Å². The number of hydrogen-bond donors (Lipinski definition) is 0. The fourth-order valence-corrected chi connectivity index (χ4v) is 2.82. The van der Waals surface area contributed by atoms with Gasteiger partial charge in [-0.1, -0.05) is 30.3 Å². The standard InChI is InChI=1S/C17H11F3O4/c1-23-12-9-11(21)7-8-16(12)13(10-5-3-2-4-6-10)14(15(22)24-16)17(18,19)20/h2-9H,1H3/t16-/m0/s1. The van der Waals surface area contributed by atoms with E-state index in [1.807, 2.05) is 0 Å². The second-order valence-corrected chi connectivity index (χ2v) is 5.19. The number of alkyl halides is 3. The molecule has 0 unspecified atom stereocenters. The number of halogens is 3. The van der Waals surface area contributed by atoms with Crippen LogP contribution in [0.15, 0.2) is 59.9 Å². The van der Waals surface area contributed by atoms with Gasteiger partial charge in [-0.05, 0) is 17.7 Å². The van der Waals surface area contributed by atoms with E-state index in [0.29, 0.717) is 0 Å². The van der Waals surface area contributed by atoms with Crippen LogP contribution in [-0.4, -0.2) is 30.6 Å². The van der Waals surface area contributed by atoms with Gasteiger partial charge in [-0.3, -0.25) is 4.79 Å². The van der Waals surface area contributed by atoms with E-state index in [9.17, 15) is 22.8 Å². The van der Waals surface area contributed by atoms with Crippen LogP contribution in [0.25, 0.3) is 5.57 Å². The number of ketones is 1. The summed E-state index contributed by atoms with van der Waals surface area (Å²) in [5.41, 5.74) is -3.56. The number of hydrogen-bond acceptors (Lipinski definition) is 4. The van der Waals surface area contributed by atoms with E-state index >= 15 is 0 Å². The molecule has 1 atom stereocenters. The molecule has 1 spiro atoms. The molecule has 4 nitrogen and oxygen atoms in total. The van der Waals surface area contributed by atoms with Gasteiger partial charge in [-0.2, -0.15) is 13.2 Å². The monoisotopic (exact) mass is 336 g/mol. The smallest absolute Gasteiger partial charge is 0.423 e.